The number of nitrogens with zero attached hydrogens (tertiary/aromatic N) is 1. The fourth-order valence-electron chi connectivity index (χ4n) is 3.38. The van der Waals surface area contributed by atoms with Crippen molar-refractivity contribution in [3.05, 3.63) is 58.4 Å². The Bertz CT molecular complexity index is 1080. The first-order chi connectivity index (χ1) is 14.6. The van der Waals surface area contributed by atoms with Gasteiger partial charge < -0.3 is 14.2 Å². The average molecular weight is 423 g/mol. The van der Waals surface area contributed by atoms with E-state index in [-0.39, 0.29) is 24.3 Å². The molecule has 0 N–H and O–H groups in total. The minimum absolute atomic E-state index is 0.0427. The van der Waals surface area contributed by atoms with E-state index in [0.717, 1.165) is 0 Å². The molecule has 0 saturated heterocycles. The van der Waals surface area contributed by atoms with Gasteiger partial charge in [0.25, 0.3) is 0 Å². The van der Waals surface area contributed by atoms with Crippen molar-refractivity contribution in [3.8, 4) is 11.1 Å². The van der Waals surface area contributed by atoms with Crippen molar-refractivity contribution in [2.24, 2.45) is 0 Å². The highest BCUT2D eigenvalue weighted by atomic mass is 16.6. The Morgan fingerprint density at radius 1 is 1.19 bits per heavy atom. The number of hydrogen-bond donors (Lipinski definition) is 0. The van der Waals surface area contributed by atoms with E-state index >= 15 is 0 Å². The van der Waals surface area contributed by atoms with Crippen LogP contribution in [0.3, 0.4) is 0 Å². The molecular weight excluding hydrogens is 398 g/mol. The monoisotopic (exact) mass is 423 g/mol. The van der Waals surface area contributed by atoms with Crippen molar-refractivity contribution in [2.45, 2.75) is 46.8 Å². The van der Waals surface area contributed by atoms with E-state index < -0.39 is 23.5 Å². The molecule has 0 atom stereocenters. The number of pyridine rings is 1. The molecule has 0 bridgehead atoms. The molecule has 162 valence electrons. The van der Waals surface area contributed by atoms with Crippen LogP contribution in [0.15, 0.2) is 30.3 Å². The second kappa shape index (κ2) is 8.71. The minimum Gasteiger partial charge on any atom is -0.462 e. The van der Waals surface area contributed by atoms with Gasteiger partial charge in [-0.1, -0.05) is 24.3 Å². The molecule has 0 saturated carbocycles. The van der Waals surface area contributed by atoms with Crippen LogP contribution < -0.4 is 0 Å². The predicted octanol–water partition coefficient (Wildman–Crippen LogP) is 4.26. The Kier molecular flexibility index (Phi) is 6.24. The molecule has 1 aromatic heterocycles. The summed E-state index contributed by atoms with van der Waals surface area (Å²) in [5.41, 5.74) is 2.35. The first-order valence-corrected chi connectivity index (χ1v) is 10.0. The smallest absolute Gasteiger partial charge is 0.341 e. The summed E-state index contributed by atoms with van der Waals surface area (Å²) in [4.78, 5) is 41.9. The van der Waals surface area contributed by atoms with Crippen LogP contribution in [-0.2, 0) is 25.6 Å². The molecule has 3 rings (SSSR count). The first-order valence-electron chi connectivity index (χ1n) is 10.0. The van der Waals surface area contributed by atoms with Gasteiger partial charge in [-0.3, -0.25) is 4.98 Å². The summed E-state index contributed by atoms with van der Waals surface area (Å²) in [6.45, 7) is 8.98. The highest BCUT2D eigenvalue weighted by molar-refractivity contribution is 6.09. The zero-order valence-electron chi connectivity index (χ0n) is 18.3. The number of carbonyl (C=O) groups excluding carboxylic acids is 3. The van der Waals surface area contributed by atoms with Gasteiger partial charge in [0.2, 0.25) is 0 Å². The SMILES string of the molecule is CCOC(=O)c1c(C)nc2c(c1-c1ccccc1/C=C/C(=O)OC(C)(C)C)C(=O)OC2. The summed E-state index contributed by atoms with van der Waals surface area (Å²) in [5, 5.41) is 0. The molecule has 0 spiro atoms. The number of carbonyl (C=O) groups is 3. The molecule has 0 amide bonds. The largest absolute Gasteiger partial charge is 0.462 e. The molecule has 7 nitrogen and oxygen atoms in total. The fourth-order valence-corrected chi connectivity index (χ4v) is 3.38. The van der Waals surface area contributed by atoms with E-state index in [2.05, 4.69) is 4.98 Å². The zero-order valence-corrected chi connectivity index (χ0v) is 18.3. The van der Waals surface area contributed by atoms with Gasteiger partial charge in [0.05, 0.1) is 29.1 Å². The maximum atomic E-state index is 12.8. The normalized spacial score (nSPS) is 13.1. The Labute approximate surface area is 181 Å². The number of ether oxygens (including phenoxy) is 3. The van der Waals surface area contributed by atoms with Crippen LogP contribution in [0.2, 0.25) is 0 Å². The number of aromatic nitrogens is 1. The van der Waals surface area contributed by atoms with Crippen molar-refractivity contribution in [1.29, 1.82) is 0 Å². The molecule has 0 aliphatic carbocycles. The van der Waals surface area contributed by atoms with E-state index in [1.165, 1.54) is 6.08 Å². The second-order valence-corrected chi connectivity index (χ2v) is 8.02. The van der Waals surface area contributed by atoms with E-state index in [4.69, 9.17) is 14.2 Å². The summed E-state index contributed by atoms with van der Waals surface area (Å²) >= 11 is 0. The molecule has 0 radical (unpaired) electrons. The Balaban J connectivity index is 2.19. The lowest BCUT2D eigenvalue weighted by Gasteiger charge is -2.18. The lowest BCUT2D eigenvalue weighted by molar-refractivity contribution is -0.148. The van der Waals surface area contributed by atoms with Crippen LogP contribution in [0.5, 0.6) is 0 Å². The van der Waals surface area contributed by atoms with E-state index in [0.29, 0.717) is 28.1 Å². The third-order valence-electron chi connectivity index (χ3n) is 4.51. The quantitative estimate of drug-likeness (QED) is 0.403. The van der Waals surface area contributed by atoms with Crippen LogP contribution in [0.25, 0.3) is 17.2 Å². The number of benzene rings is 1. The molecule has 2 heterocycles. The van der Waals surface area contributed by atoms with Gasteiger partial charge in [0.15, 0.2) is 0 Å². The van der Waals surface area contributed by atoms with Gasteiger partial charge in [-0.2, -0.15) is 0 Å². The van der Waals surface area contributed by atoms with Crippen molar-refractivity contribution in [2.75, 3.05) is 6.61 Å². The molecule has 0 fully saturated rings. The van der Waals surface area contributed by atoms with Gasteiger partial charge >= 0.3 is 17.9 Å². The van der Waals surface area contributed by atoms with Gasteiger partial charge in [0.1, 0.15) is 12.2 Å². The van der Waals surface area contributed by atoms with Gasteiger partial charge in [-0.15, -0.1) is 0 Å². The van der Waals surface area contributed by atoms with E-state index in [9.17, 15) is 14.4 Å². The molecule has 31 heavy (non-hydrogen) atoms. The minimum atomic E-state index is -0.620. The fraction of sp³-hybridized carbons (Fsp3) is 0.333. The lowest BCUT2D eigenvalue weighted by Crippen LogP contribution is -2.22. The summed E-state index contributed by atoms with van der Waals surface area (Å²) in [6.07, 6.45) is 2.92. The van der Waals surface area contributed by atoms with Crippen molar-refractivity contribution in [3.63, 3.8) is 0 Å². The number of rotatable bonds is 5. The average Bonchev–Trinajstić information content (AvgIpc) is 3.04. The predicted molar refractivity (Wildman–Crippen MR) is 114 cm³/mol. The highest BCUT2D eigenvalue weighted by Crippen LogP contribution is 2.37. The van der Waals surface area contributed by atoms with Crippen LogP contribution in [0, 0.1) is 6.92 Å². The molecule has 7 heteroatoms. The van der Waals surface area contributed by atoms with Gasteiger partial charge in [-0.25, -0.2) is 14.4 Å². The van der Waals surface area contributed by atoms with Crippen LogP contribution in [-0.4, -0.2) is 35.1 Å². The number of fused-ring (bicyclic) bond motifs is 1. The summed E-state index contributed by atoms with van der Waals surface area (Å²) in [5.74, 6) is -1.62. The summed E-state index contributed by atoms with van der Waals surface area (Å²) in [7, 11) is 0. The van der Waals surface area contributed by atoms with Gasteiger partial charge in [0, 0.05) is 11.6 Å². The maximum absolute atomic E-state index is 12.8. The third kappa shape index (κ3) is 4.82. The molecule has 0 unspecified atom stereocenters. The highest BCUT2D eigenvalue weighted by Gasteiger charge is 2.33. The van der Waals surface area contributed by atoms with Crippen LogP contribution >= 0.6 is 0 Å². The first kappa shape index (κ1) is 22.2. The molecule has 1 aromatic carbocycles. The second-order valence-electron chi connectivity index (χ2n) is 8.02. The zero-order chi connectivity index (χ0) is 22.8. The van der Waals surface area contributed by atoms with Crippen LogP contribution in [0.4, 0.5) is 0 Å². The Morgan fingerprint density at radius 2 is 1.90 bits per heavy atom. The van der Waals surface area contributed by atoms with Gasteiger partial charge in [-0.05, 0) is 51.8 Å². The van der Waals surface area contributed by atoms with E-state index in [1.54, 1.807) is 65.0 Å². The number of esters is 3. The maximum Gasteiger partial charge on any atom is 0.341 e. The number of cyclic esters (lactones) is 1. The summed E-state index contributed by atoms with van der Waals surface area (Å²) < 4.78 is 15.7. The molecular formula is C24H25NO6. The van der Waals surface area contributed by atoms with Crippen molar-refractivity contribution >= 4 is 24.0 Å². The lowest BCUT2D eigenvalue weighted by atomic mass is 9.90. The Hall–Kier alpha value is -3.48. The Morgan fingerprint density at radius 3 is 2.58 bits per heavy atom. The molecule has 1 aliphatic heterocycles. The molecule has 1 aliphatic rings. The van der Waals surface area contributed by atoms with Crippen LogP contribution in [0.1, 0.15) is 65.4 Å². The summed E-state index contributed by atoms with van der Waals surface area (Å²) in [6, 6.07) is 7.15. The van der Waals surface area contributed by atoms with Crippen molar-refractivity contribution < 1.29 is 28.6 Å². The number of hydrogen-bond acceptors (Lipinski definition) is 7. The van der Waals surface area contributed by atoms with E-state index in [1.807, 2.05) is 0 Å². The number of aryl methyl sites for hydroxylation is 1. The van der Waals surface area contributed by atoms with Crippen molar-refractivity contribution in [1.82, 2.24) is 4.98 Å². The molecule has 2 aromatic rings. The standard InChI is InChI=1S/C24H25NO6/c1-6-29-22(27)19-14(2)25-17-13-30-23(28)21(17)20(19)16-10-8-7-9-15(16)11-12-18(26)31-24(3,4)5/h7-12H,6,13H2,1-5H3/b12-11+. The third-order valence-corrected chi connectivity index (χ3v) is 4.51. The topological polar surface area (TPSA) is 91.8 Å².